The summed E-state index contributed by atoms with van der Waals surface area (Å²) in [7, 11) is 0. The number of thiophene rings is 1. The van der Waals surface area contributed by atoms with Crippen molar-refractivity contribution in [2.45, 2.75) is 47.2 Å². The molecule has 0 fully saturated rings. The fourth-order valence-corrected chi connectivity index (χ4v) is 6.44. The number of hydrogen-bond donors (Lipinski definition) is 1. The molecular formula is C27H27N5O2S2. The first-order valence-electron chi connectivity index (χ1n) is 11.8. The Labute approximate surface area is 216 Å². The Bertz CT molecular complexity index is 1690. The molecule has 184 valence electrons. The Morgan fingerprint density at radius 2 is 1.92 bits per heavy atom. The van der Waals surface area contributed by atoms with Crippen LogP contribution in [-0.2, 0) is 11.3 Å². The van der Waals surface area contributed by atoms with Gasteiger partial charge in [-0.05, 0) is 63.8 Å². The van der Waals surface area contributed by atoms with Gasteiger partial charge >= 0.3 is 0 Å². The smallest absolute Gasteiger partial charge is 0.271 e. The fourth-order valence-electron chi connectivity index (χ4n) is 4.59. The molecule has 1 N–H and O–H groups in total. The van der Waals surface area contributed by atoms with Crippen molar-refractivity contribution in [3.05, 3.63) is 100 Å². The molecule has 1 aliphatic heterocycles. The van der Waals surface area contributed by atoms with Gasteiger partial charge in [0.05, 0.1) is 21.5 Å². The quantitative estimate of drug-likeness (QED) is 0.433. The van der Waals surface area contributed by atoms with E-state index in [-0.39, 0.29) is 11.5 Å². The summed E-state index contributed by atoms with van der Waals surface area (Å²) in [4.78, 5) is 33.7. The predicted octanol–water partition coefficient (Wildman–Crippen LogP) is 4.08. The number of hydrogen-bond acceptors (Lipinski definition) is 6. The van der Waals surface area contributed by atoms with E-state index in [4.69, 9.17) is 4.99 Å². The summed E-state index contributed by atoms with van der Waals surface area (Å²) >= 11 is 2.87. The Hall–Kier alpha value is -3.56. The fraction of sp³-hybridized carbons (Fsp3) is 0.259. The highest BCUT2D eigenvalue weighted by Gasteiger charge is 2.33. The zero-order valence-electron chi connectivity index (χ0n) is 20.8. The number of carbonyl (C=O) groups is 1. The van der Waals surface area contributed by atoms with Crippen LogP contribution in [0.5, 0.6) is 0 Å². The molecule has 0 saturated carbocycles. The van der Waals surface area contributed by atoms with E-state index in [0.29, 0.717) is 20.6 Å². The Balaban J connectivity index is 1.66. The molecule has 3 aromatic heterocycles. The van der Waals surface area contributed by atoms with Crippen LogP contribution in [0.25, 0.3) is 6.08 Å². The molecule has 5 rings (SSSR count). The summed E-state index contributed by atoms with van der Waals surface area (Å²) in [6.07, 6.45) is 1.91. The largest absolute Gasteiger partial charge is 0.322 e. The monoisotopic (exact) mass is 517 g/mol. The SMILES string of the molecule is CCn1nc(C)c(C=c2sc3n(c2=O)C(c2cccs2)C(C(=O)Nc2ccccc2C)=C(C)N=3)c1C. The normalized spacial score (nSPS) is 15.7. The first-order chi connectivity index (χ1) is 17.3. The highest BCUT2D eigenvalue weighted by molar-refractivity contribution is 7.10. The van der Waals surface area contributed by atoms with E-state index < -0.39 is 6.04 Å². The second kappa shape index (κ2) is 9.48. The van der Waals surface area contributed by atoms with Gasteiger partial charge in [0, 0.05) is 28.4 Å². The predicted molar refractivity (Wildman–Crippen MR) is 145 cm³/mol. The zero-order chi connectivity index (χ0) is 25.6. The summed E-state index contributed by atoms with van der Waals surface area (Å²) in [5.74, 6) is -0.255. The molecule has 0 aliphatic carbocycles. The van der Waals surface area contributed by atoms with Gasteiger partial charge in [-0.1, -0.05) is 35.6 Å². The zero-order valence-corrected chi connectivity index (χ0v) is 22.5. The number of fused-ring (bicyclic) bond motifs is 1. The number of nitrogens with zero attached hydrogens (tertiary/aromatic N) is 4. The number of carbonyl (C=O) groups excluding carboxylic acids is 1. The topological polar surface area (TPSA) is 81.3 Å². The molecule has 1 unspecified atom stereocenters. The number of aromatic nitrogens is 3. The van der Waals surface area contributed by atoms with Crippen molar-refractivity contribution in [1.82, 2.24) is 14.3 Å². The number of nitrogens with one attached hydrogen (secondary N) is 1. The minimum atomic E-state index is -0.548. The molecule has 0 radical (unpaired) electrons. The number of allylic oxidation sites excluding steroid dienone is 1. The number of amides is 1. The summed E-state index contributed by atoms with van der Waals surface area (Å²) < 4.78 is 4.17. The molecular weight excluding hydrogens is 490 g/mol. The molecule has 1 aromatic carbocycles. The first-order valence-corrected chi connectivity index (χ1v) is 13.5. The van der Waals surface area contributed by atoms with Crippen LogP contribution < -0.4 is 20.2 Å². The molecule has 1 atom stereocenters. The molecule has 0 bridgehead atoms. The van der Waals surface area contributed by atoms with Crippen molar-refractivity contribution in [2.75, 3.05) is 5.32 Å². The number of benzene rings is 1. The molecule has 36 heavy (non-hydrogen) atoms. The Morgan fingerprint density at radius 1 is 1.14 bits per heavy atom. The Kier molecular flexibility index (Phi) is 6.36. The number of para-hydroxylation sites is 1. The van der Waals surface area contributed by atoms with Crippen LogP contribution in [0.4, 0.5) is 5.69 Å². The molecule has 1 aliphatic rings. The highest BCUT2D eigenvalue weighted by Crippen LogP contribution is 2.33. The van der Waals surface area contributed by atoms with Crippen LogP contribution >= 0.6 is 22.7 Å². The van der Waals surface area contributed by atoms with Gasteiger partial charge in [-0.2, -0.15) is 5.10 Å². The van der Waals surface area contributed by atoms with Crippen molar-refractivity contribution < 1.29 is 4.79 Å². The summed E-state index contributed by atoms with van der Waals surface area (Å²) in [5, 5.41) is 9.59. The van der Waals surface area contributed by atoms with Gasteiger partial charge in [0.25, 0.3) is 11.5 Å². The van der Waals surface area contributed by atoms with Crippen LogP contribution in [0.1, 0.15) is 47.3 Å². The summed E-state index contributed by atoms with van der Waals surface area (Å²) in [6.45, 7) is 10.6. The minimum absolute atomic E-state index is 0.158. The molecule has 4 aromatic rings. The number of anilines is 1. The molecule has 9 heteroatoms. The van der Waals surface area contributed by atoms with Gasteiger partial charge in [0.1, 0.15) is 6.04 Å². The van der Waals surface area contributed by atoms with Crippen LogP contribution in [0.15, 0.2) is 62.8 Å². The minimum Gasteiger partial charge on any atom is -0.322 e. The third-order valence-corrected chi connectivity index (χ3v) is 8.39. The standard InChI is InChI=1S/C27H27N5O2S2/c1-6-31-18(5)19(16(3)30-31)14-22-26(34)32-24(21-12-9-13-35-21)23(17(4)28-27(32)36-22)25(33)29-20-11-8-7-10-15(20)2/h7-14,24H,6H2,1-5H3,(H,29,33). The third kappa shape index (κ3) is 4.08. The maximum absolute atomic E-state index is 13.8. The molecule has 4 heterocycles. The van der Waals surface area contributed by atoms with E-state index in [1.807, 2.05) is 87.2 Å². The van der Waals surface area contributed by atoms with Gasteiger partial charge in [-0.25, -0.2) is 4.99 Å². The third-order valence-electron chi connectivity index (χ3n) is 6.48. The van der Waals surface area contributed by atoms with Crippen molar-refractivity contribution in [3.63, 3.8) is 0 Å². The molecule has 1 amide bonds. The number of thiazole rings is 1. The highest BCUT2D eigenvalue weighted by atomic mass is 32.1. The lowest BCUT2D eigenvalue weighted by molar-refractivity contribution is -0.113. The second-order valence-corrected chi connectivity index (χ2v) is 10.8. The lowest BCUT2D eigenvalue weighted by Gasteiger charge is -2.24. The van der Waals surface area contributed by atoms with Gasteiger partial charge in [-0.15, -0.1) is 11.3 Å². The van der Waals surface area contributed by atoms with Gasteiger partial charge in [-0.3, -0.25) is 18.8 Å². The average molecular weight is 518 g/mol. The van der Waals surface area contributed by atoms with Crippen molar-refractivity contribution in [1.29, 1.82) is 0 Å². The van der Waals surface area contributed by atoms with E-state index >= 15 is 0 Å². The van der Waals surface area contributed by atoms with Gasteiger partial charge in [0.15, 0.2) is 4.80 Å². The van der Waals surface area contributed by atoms with E-state index in [0.717, 1.165) is 39.6 Å². The van der Waals surface area contributed by atoms with Crippen LogP contribution in [-0.4, -0.2) is 20.3 Å². The summed E-state index contributed by atoms with van der Waals surface area (Å²) in [5.41, 5.74) is 5.48. The number of aryl methyl sites for hydroxylation is 3. The maximum Gasteiger partial charge on any atom is 0.271 e. The average Bonchev–Trinajstić information content (AvgIpc) is 3.55. The second-order valence-electron chi connectivity index (χ2n) is 8.77. The maximum atomic E-state index is 13.8. The van der Waals surface area contributed by atoms with Crippen molar-refractivity contribution in [2.24, 2.45) is 4.99 Å². The van der Waals surface area contributed by atoms with E-state index in [1.165, 1.54) is 22.7 Å². The first kappa shape index (κ1) is 24.1. The van der Waals surface area contributed by atoms with E-state index in [1.54, 1.807) is 4.57 Å². The lowest BCUT2D eigenvalue weighted by atomic mass is 10.0. The van der Waals surface area contributed by atoms with Crippen molar-refractivity contribution in [3.8, 4) is 0 Å². The lowest BCUT2D eigenvalue weighted by Crippen LogP contribution is -2.40. The van der Waals surface area contributed by atoms with Gasteiger partial charge < -0.3 is 5.32 Å². The van der Waals surface area contributed by atoms with Crippen molar-refractivity contribution >= 4 is 40.3 Å². The Morgan fingerprint density at radius 3 is 2.58 bits per heavy atom. The van der Waals surface area contributed by atoms with Crippen LogP contribution in [0, 0.1) is 20.8 Å². The molecule has 7 nitrogen and oxygen atoms in total. The van der Waals surface area contributed by atoms with Gasteiger partial charge in [0.2, 0.25) is 0 Å². The van der Waals surface area contributed by atoms with E-state index in [9.17, 15) is 9.59 Å². The van der Waals surface area contributed by atoms with Crippen LogP contribution in [0.3, 0.4) is 0 Å². The van der Waals surface area contributed by atoms with E-state index in [2.05, 4.69) is 10.4 Å². The molecule has 0 spiro atoms. The van der Waals surface area contributed by atoms with Crippen LogP contribution in [0.2, 0.25) is 0 Å². The summed E-state index contributed by atoms with van der Waals surface area (Å²) in [6, 6.07) is 11.0. The number of rotatable bonds is 5. The molecule has 0 saturated heterocycles.